The molecule has 0 spiro atoms. The summed E-state index contributed by atoms with van der Waals surface area (Å²) in [7, 11) is 0. The maximum Gasteiger partial charge on any atom is 0.178 e. The zero-order chi connectivity index (χ0) is 12.7. The third-order valence-corrected chi connectivity index (χ3v) is 2.95. The second-order valence-electron chi connectivity index (χ2n) is 4.55. The van der Waals surface area contributed by atoms with Gasteiger partial charge in [-0.05, 0) is 44.5 Å². The van der Waals surface area contributed by atoms with Crippen LogP contribution in [0.1, 0.15) is 17.0 Å². The van der Waals surface area contributed by atoms with E-state index in [1.807, 2.05) is 39.1 Å². The lowest BCUT2D eigenvalue weighted by molar-refractivity contribution is 1.11. The van der Waals surface area contributed by atoms with E-state index < -0.39 is 0 Å². The van der Waals surface area contributed by atoms with Crippen LogP contribution in [0.4, 0.5) is 0 Å². The van der Waals surface area contributed by atoms with Crippen LogP contribution in [-0.2, 0) is 0 Å². The normalized spacial score (nSPS) is 11.1. The molecule has 0 aliphatic heterocycles. The number of hydrogen-bond acceptors (Lipinski definition) is 3. The number of fused-ring (bicyclic) bond motifs is 1. The molecule has 3 aromatic rings. The van der Waals surface area contributed by atoms with Gasteiger partial charge in [0.1, 0.15) is 5.82 Å². The van der Waals surface area contributed by atoms with Gasteiger partial charge in [0.25, 0.3) is 0 Å². The number of imidazole rings is 1. The molecule has 3 heterocycles. The minimum Gasteiger partial charge on any atom is -0.337 e. The summed E-state index contributed by atoms with van der Waals surface area (Å²) in [5.74, 6) is 0.827. The van der Waals surface area contributed by atoms with Crippen molar-refractivity contribution in [1.29, 1.82) is 0 Å². The second-order valence-corrected chi connectivity index (χ2v) is 4.55. The molecule has 4 nitrogen and oxygen atoms in total. The molecule has 0 amide bonds. The Bertz CT molecular complexity index is 728. The number of hydrogen-bond donors (Lipinski definition) is 1. The van der Waals surface area contributed by atoms with Gasteiger partial charge in [-0.1, -0.05) is 0 Å². The average molecular weight is 238 g/mol. The van der Waals surface area contributed by atoms with Gasteiger partial charge >= 0.3 is 0 Å². The predicted octanol–water partition coefficient (Wildman–Crippen LogP) is 2.95. The van der Waals surface area contributed by atoms with Crippen molar-refractivity contribution in [3.8, 4) is 11.4 Å². The highest BCUT2D eigenvalue weighted by molar-refractivity contribution is 5.76. The summed E-state index contributed by atoms with van der Waals surface area (Å²) in [5, 5.41) is 0. The highest BCUT2D eigenvalue weighted by Crippen LogP contribution is 2.22. The number of aromatic nitrogens is 4. The summed E-state index contributed by atoms with van der Waals surface area (Å²) in [5.41, 5.74) is 5.85. The van der Waals surface area contributed by atoms with Crippen molar-refractivity contribution < 1.29 is 0 Å². The van der Waals surface area contributed by atoms with Crippen LogP contribution in [0.3, 0.4) is 0 Å². The van der Waals surface area contributed by atoms with Gasteiger partial charge < -0.3 is 4.98 Å². The van der Waals surface area contributed by atoms with Gasteiger partial charge in [-0.15, -0.1) is 0 Å². The first kappa shape index (κ1) is 10.9. The molecule has 0 aliphatic carbocycles. The lowest BCUT2D eigenvalue weighted by atomic mass is 10.2. The molecular weight excluding hydrogens is 224 g/mol. The van der Waals surface area contributed by atoms with Crippen LogP contribution in [-0.4, -0.2) is 19.9 Å². The smallest absolute Gasteiger partial charge is 0.178 e. The van der Waals surface area contributed by atoms with E-state index >= 15 is 0 Å². The molecule has 0 saturated carbocycles. The lowest BCUT2D eigenvalue weighted by Gasteiger charge is -2.02. The largest absolute Gasteiger partial charge is 0.337 e. The van der Waals surface area contributed by atoms with Gasteiger partial charge in [0.15, 0.2) is 5.65 Å². The fourth-order valence-electron chi connectivity index (χ4n) is 2.07. The van der Waals surface area contributed by atoms with Crippen molar-refractivity contribution in [3.63, 3.8) is 0 Å². The Morgan fingerprint density at radius 3 is 2.67 bits per heavy atom. The molecule has 18 heavy (non-hydrogen) atoms. The summed E-state index contributed by atoms with van der Waals surface area (Å²) < 4.78 is 0. The van der Waals surface area contributed by atoms with Crippen LogP contribution >= 0.6 is 0 Å². The molecule has 0 radical (unpaired) electrons. The van der Waals surface area contributed by atoms with Crippen molar-refractivity contribution in [1.82, 2.24) is 19.9 Å². The first-order valence-electron chi connectivity index (χ1n) is 5.90. The number of H-pyrrole nitrogens is 1. The summed E-state index contributed by atoms with van der Waals surface area (Å²) in [4.78, 5) is 16.6. The molecule has 3 aromatic heterocycles. The number of pyridine rings is 2. The zero-order valence-electron chi connectivity index (χ0n) is 10.7. The van der Waals surface area contributed by atoms with E-state index in [-0.39, 0.29) is 0 Å². The van der Waals surface area contributed by atoms with Crippen molar-refractivity contribution in [2.45, 2.75) is 20.8 Å². The molecule has 0 saturated heterocycles. The van der Waals surface area contributed by atoms with E-state index in [0.717, 1.165) is 39.5 Å². The maximum absolute atomic E-state index is 4.51. The Kier molecular flexibility index (Phi) is 2.37. The highest BCUT2D eigenvalue weighted by Gasteiger charge is 2.09. The van der Waals surface area contributed by atoms with Crippen LogP contribution in [0.5, 0.6) is 0 Å². The van der Waals surface area contributed by atoms with Gasteiger partial charge in [-0.2, -0.15) is 0 Å². The molecule has 0 fully saturated rings. The first-order chi connectivity index (χ1) is 8.63. The van der Waals surface area contributed by atoms with E-state index in [0.29, 0.717) is 0 Å². The molecule has 0 aliphatic rings. The van der Waals surface area contributed by atoms with Crippen molar-refractivity contribution in [3.05, 3.63) is 41.3 Å². The second kappa shape index (κ2) is 3.91. The Hall–Kier alpha value is -2.23. The van der Waals surface area contributed by atoms with E-state index in [4.69, 9.17) is 0 Å². The van der Waals surface area contributed by atoms with E-state index in [9.17, 15) is 0 Å². The molecule has 0 bridgehead atoms. The monoisotopic (exact) mass is 238 g/mol. The topological polar surface area (TPSA) is 54.5 Å². The average Bonchev–Trinajstić information content (AvgIpc) is 2.71. The van der Waals surface area contributed by atoms with Gasteiger partial charge in [-0.25, -0.2) is 9.97 Å². The fourth-order valence-corrected chi connectivity index (χ4v) is 2.07. The summed E-state index contributed by atoms with van der Waals surface area (Å²) >= 11 is 0. The van der Waals surface area contributed by atoms with Gasteiger partial charge in [0, 0.05) is 23.1 Å². The Morgan fingerprint density at radius 2 is 1.89 bits per heavy atom. The Balaban J connectivity index is 2.19. The van der Waals surface area contributed by atoms with Crippen LogP contribution in [0.2, 0.25) is 0 Å². The van der Waals surface area contributed by atoms with Gasteiger partial charge in [0.05, 0.1) is 5.52 Å². The van der Waals surface area contributed by atoms with Crippen molar-refractivity contribution in [2.75, 3.05) is 0 Å². The van der Waals surface area contributed by atoms with Crippen molar-refractivity contribution in [2.24, 2.45) is 0 Å². The highest BCUT2D eigenvalue weighted by atomic mass is 15.0. The lowest BCUT2D eigenvalue weighted by Crippen LogP contribution is -1.91. The first-order valence-corrected chi connectivity index (χ1v) is 5.90. The maximum atomic E-state index is 4.51. The molecule has 3 rings (SSSR count). The molecule has 0 atom stereocenters. The summed E-state index contributed by atoms with van der Waals surface area (Å²) in [6.45, 7) is 6.00. The van der Waals surface area contributed by atoms with E-state index in [1.165, 1.54) is 0 Å². The van der Waals surface area contributed by atoms with Crippen LogP contribution < -0.4 is 0 Å². The van der Waals surface area contributed by atoms with Crippen LogP contribution in [0, 0.1) is 20.8 Å². The number of aromatic amines is 1. The molecule has 90 valence electrons. The number of aryl methyl sites for hydroxylation is 3. The predicted molar refractivity (Wildman–Crippen MR) is 71.3 cm³/mol. The zero-order valence-corrected chi connectivity index (χ0v) is 10.7. The molecular formula is C14H14N4. The van der Waals surface area contributed by atoms with Gasteiger partial charge in [-0.3, -0.25) is 4.98 Å². The van der Waals surface area contributed by atoms with Gasteiger partial charge in [0.2, 0.25) is 0 Å². The fraction of sp³-hybridized carbons (Fsp3) is 0.214. The number of rotatable bonds is 1. The third kappa shape index (κ3) is 1.76. The number of nitrogens with zero attached hydrogens (tertiary/aromatic N) is 3. The minimum atomic E-state index is 0.746. The van der Waals surface area contributed by atoms with E-state index in [2.05, 4.69) is 26.0 Å². The molecule has 0 aromatic carbocycles. The summed E-state index contributed by atoms with van der Waals surface area (Å²) in [6, 6.07) is 6.09. The third-order valence-electron chi connectivity index (χ3n) is 2.95. The standard InChI is InChI=1S/C14H14N4/c1-8-6-12-14(15-7-8)18-13(17-12)11-5-4-9(2)16-10(11)3/h4-7H,1-3H3,(H,15,17,18). The van der Waals surface area contributed by atoms with Crippen LogP contribution in [0.25, 0.3) is 22.6 Å². The summed E-state index contributed by atoms with van der Waals surface area (Å²) in [6.07, 6.45) is 1.83. The van der Waals surface area contributed by atoms with E-state index in [1.54, 1.807) is 0 Å². The van der Waals surface area contributed by atoms with Crippen LogP contribution in [0.15, 0.2) is 24.4 Å². The minimum absolute atomic E-state index is 0.746. The molecule has 0 unspecified atom stereocenters. The molecule has 4 heteroatoms. The SMILES string of the molecule is Cc1cnc2nc(-c3ccc(C)nc3C)[nH]c2c1. The Labute approximate surface area is 105 Å². The quantitative estimate of drug-likeness (QED) is 0.709. The Morgan fingerprint density at radius 1 is 1.06 bits per heavy atom. The van der Waals surface area contributed by atoms with Crippen molar-refractivity contribution >= 4 is 11.2 Å². The number of nitrogens with one attached hydrogen (secondary N) is 1. The molecule has 1 N–H and O–H groups in total.